The average molecular weight is 350 g/mol. The highest BCUT2D eigenvalue weighted by Gasteiger charge is 2.25. The summed E-state index contributed by atoms with van der Waals surface area (Å²) in [4.78, 5) is 14.6. The van der Waals surface area contributed by atoms with Crippen molar-refractivity contribution in [2.45, 2.75) is 12.8 Å². The molecule has 1 aliphatic rings. The third-order valence-corrected chi connectivity index (χ3v) is 4.57. The van der Waals surface area contributed by atoms with Crippen LogP contribution in [0.1, 0.15) is 28.8 Å². The molecule has 1 aliphatic heterocycles. The molecule has 0 N–H and O–H groups in total. The molecular formula is C21H22N2O3. The summed E-state index contributed by atoms with van der Waals surface area (Å²) in [5, 5.41) is 9.01. The number of rotatable bonds is 5. The molecule has 2 aromatic rings. The van der Waals surface area contributed by atoms with Gasteiger partial charge in [-0.3, -0.25) is 4.79 Å². The molecule has 3 rings (SSSR count). The smallest absolute Gasteiger partial charge is 0.253 e. The SMILES string of the molecule is COc1cccc(OC[C@H]2CCCN(C(=O)c3cccc(C#N)c3)C2)c1. The fraction of sp³-hybridized carbons (Fsp3) is 0.333. The van der Waals surface area contributed by atoms with E-state index in [1.807, 2.05) is 29.2 Å². The molecule has 0 aromatic heterocycles. The Bertz CT molecular complexity index is 813. The summed E-state index contributed by atoms with van der Waals surface area (Å²) >= 11 is 0. The molecule has 0 radical (unpaired) electrons. The summed E-state index contributed by atoms with van der Waals surface area (Å²) < 4.78 is 11.1. The van der Waals surface area contributed by atoms with Gasteiger partial charge in [-0.1, -0.05) is 12.1 Å². The van der Waals surface area contributed by atoms with Crippen LogP contribution in [0.15, 0.2) is 48.5 Å². The Morgan fingerprint density at radius 2 is 2.04 bits per heavy atom. The zero-order valence-electron chi connectivity index (χ0n) is 14.9. The van der Waals surface area contributed by atoms with E-state index in [1.54, 1.807) is 31.4 Å². The van der Waals surface area contributed by atoms with Gasteiger partial charge in [-0.15, -0.1) is 0 Å². The Morgan fingerprint density at radius 3 is 2.85 bits per heavy atom. The maximum atomic E-state index is 12.7. The molecule has 134 valence electrons. The number of hydrogen-bond donors (Lipinski definition) is 0. The third kappa shape index (κ3) is 4.34. The molecule has 0 aliphatic carbocycles. The minimum Gasteiger partial charge on any atom is -0.497 e. The highest BCUT2D eigenvalue weighted by molar-refractivity contribution is 5.94. The third-order valence-electron chi connectivity index (χ3n) is 4.57. The van der Waals surface area contributed by atoms with Crippen LogP contribution in [0, 0.1) is 17.2 Å². The Morgan fingerprint density at radius 1 is 1.23 bits per heavy atom. The van der Waals surface area contributed by atoms with Gasteiger partial charge < -0.3 is 14.4 Å². The first-order valence-corrected chi connectivity index (χ1v) is 8.76. The highest BCUT2D eigenvalue weighted by atomic mass is 16.5. The van der Waals surface area contributed by atoms with Crippen LogP contribution in [0.2, 0.25) is 0 Å². The van der Waals surface area contributed by atoms with E-state index in [9.17, 15) is 4.79 Å². The molecule has 5 nitrogen and oxygen atoms in total. The fourth-order valence-electron chi connectivity index (χ4n) is 3.19. The molecular weight excluding hydrogens is 328 g/mol. The molecule has 26 heavy (non-hydrogen) atoms. The van der Waals surface area contributed by atoms with E-state index < -0.39 is 0 Å². The Kier molecular flexibility index (Phi) is 5.75. The maximum absolute atomic E-state index is 12.7. The predicted molar refractivity (Wildman–Crippen MR) is 98.3 cm³/mol. The van der Waals surface area contributed by atoms with Crippen molar-refractivity contribution in [3.8, 4) is 17.6 Å². The van der Waals surface area contributed by atoms with Gasteiger partial charge in [0.05, 0.1) is 25.3 Å². The number of ether oxygens (including phenoxy) is 2. The normalized spacial score (nSPS) is 16.6. The van der Waals surface area contributed by atoms with Crippen LogP contribution in [-0.4, -0.2) is 37.6 Å². The number of nitrogens with zero attached hydrogens (tertiary/aromatic N) is 2. The number of nitriles is 1. The van der Waals surface area contributed by atoms with Crippen LogP contribution in [0.25, 0.3) is 0 Å². The Balaban J connectivity index is 1.60. The van der Waals surface area contributed by atoms with Crippen LogP contribution < -0.4 is 9.47 Å². The largest absolute Gasteiger partial charge is 0.497 e. The molecule has 0 unspecified atom stereocenters. The van der Waals surface area contributed by atoms with Gasteiger partial charge in [0.1, 0.15) is 11.5 Å². The molecule has 0 spiro atoms. The lowest BCUT2D eigenvalue weighted by atomic mass is 9.98. The number of benzene rings is 2. The van der Waals surface area contributed by atoms with Gasteiger partial charge in [0.2, 0.25) is 0 Å². The molecule has 1 saturated heterocycles. The van der Waals surface area contributed by atoms with Crippen molar-refractivity contribution in [1.82, 2.24) is 4.90 Å². The lowest BCUT2D eigenvalue weighted by molar-refractivity contribution is 0.0633. The second-order valence-corrected chi connectivity index (χ2v) is 6.44. The average Bonchev–Trinajstić information content (AvgIpc) is 2.72. The first-order chi connectivity index (χ1) is 12.7. The quantitative estimate of drug-likeness (QED) is 0.828. The van der Waals surface area contributed by atoms with E-state index in [0.29, 0.717) is 24.3 Å². The summed E-state index contributed by atoms with van der Waals surface area (Å²) in [5.74, 6) is 1.81. The van der Waals surface area contributed by atoms with Gasteiger partial charge in [-0.25, -0.2) is 0 Å². The lowest BCUT2D eigenvalue weighted by Crippen LogP contribution is -2.41. The van der Waals surface area contributed by atoms with E-state index in [2.05, 4.69) is 6.07 Å². The van der Waals surface area contributed by atoms with Gasteiger partial charge >= 0.3 is 0 Å². The molecule has 1 amide bonds. The molecule has 1 atom stereocenters. The zero-order chi connectivity index (χ0) is 18.4. The second-order valence-electron chi connectivity index (χ2n) is 6.44. The number of carbonyl (C=O) groups excluding carboxylic acids is 1. The molecule has 1 heterocycles. The maximum Gasteiger partial charge on any atom is 0.253 e. The summed E-state index contributed by atoms with van der Waals surface area (Å²) in [6.45, 7) is 1.97. The summed E-state index contributed by atoms with van der Waals surface area (Å²) in [5.41, 5.74) is 1.07. The number of hydrogen-bond acceptors (Lipinski definition) is 4. The van der Waals surface area contributed by atoms with Gasteiger partial charge in [-0.2, -0.15) is 5.26 Å². The van der Waals surface area contributed by atoms with Crippen molar-refractivity contribution in [1.29, 1.82) is 5.26 Å². The van der Waals surface area contributed by atoms with Gasteiger partial charge in [-0.05, 0) is 43.2 Å². The number of amides is 1. The number of carbonyl (C=O) groups is 1. The Hall–Kier alpha value is -3.00. The molecule has 1 fully saturated rings. The zero-order valence-corrected chi connectivity index (χ0v) is 14.9. The minimum absolute atomic E-state index is 0.0202. The topological polar surface area (TPSA) is 62.6 Å². The van der Waals surface area contributed by atoms with E-state index in [0.717, 1.165) is 30.9 Å². The van der Waals surface area contributed by atoms with Crippen LogP contribution in [-0.2, 0) is 0 Å². The summed E-state index contributed by atoms with van der Waals surface area (Å²) in [7, 11) is 1.63. The Labute approximate surface area is 153 Å². The first-order valence-electron chi connectivity index (χ1n) is 8.76. The number of likely N-dealkylation sites (tertiary alicyclic amines) is 1. The minimum atomic E-state index is -0.0202. The number of piperidine rings is 1. The lowest BCUT2D eigenvalue weighted by Gasteiger charge is -2.32. The molecule has 2 aromatic carbocycles. The molecule has 5 heteroatoms. The van der Waals surface area contributed by atoms with Crippen molar-refractivity contribution in [2.75, 3.05) is 26.8 Å². The van der Waals surface area contributed by atoms with Crippen LogP contribution in [0.4, 0.5) is 0 Å². The monoisotopic (exact) mass is 350 g/mol. The van der Waals surface area contributed by atoms with Gasteiger partial charge in [0.25, 0.3) is 5.91 Å². The van der Waals surface area contributed by atoms with Gasteiger partial charge in [0.15, 0.2) is 0 Å². The standard InChI is InChI=1S/C21H22N2O3/c1-25-19-8-3-9-20(12-19)26-15-17-6-4-10-23(14-17)21(24)18-7-2-5-16(11-18)13-22/h2-3,5,7-9,11-12,17H,4,6,10,14-15H2,1H3/t17-/m0/s1. The van der Waals surface area contributed by atoms with E-state index in [1.165, 1.54) is 0 Å². The van der Waals surface area contributed by atoms with E-state index in [-0.39, 0.29) is 11.8 Å². The summed E-state index contributed by atoms with van der Waals surface area (Å²) in [6.07, 6.45) is 1.99. The second kappa shape index (κ2) is 8.39. The van der Waals surface area contributed by atoms with Crippen molar-refractivity contribution < 1.29 is 14.3 Å². The predicted octanol–water partition coefficient (Wildman–Crippen LogP) is 3.50. The van der Waals surface area contributed by atoms with Crippen molar-refractivity contribution in [2.24, 2.45) is 5.92 Å². The van der Waals surface area contributed by atoms with Crippen molar-refractivity contribution in [3.05, 3.63) is 59.7 Å². The fourth-order valence-corrected chi connectivity index (χ4v) is 3.19. The number of methoxy groups -OCH3 is 1. The van der Waals surface area contributed by atoms with Crippen molar-refractivity contribution >= 4 is 5.91 Å². The molecule has 0 bridgehead atoms. The van der Waals surface area contributed by atoms with E-state index in [4.69, 9.17) is 14.7 Å². The van der Waals surface area contributed by atoms with Gasteiger partial charge in [0, 0.05) is 30.6 Å². The van der Waals surface area contributed by atoms with Crippen LogP contribution >= 0.6 is 0 Å². The van der Waals surface area contributed by atoms with Crippen LogP contribution in [0.3, 0.4) is 0 Å². The summed E-state index contributed by atoms with van der Waals surface area (Å²) in [6, 6.07) is 16.5. The van der Waals surface area contributed by atoms with E-state index >= 15 is 0 Å². The van der Waals surface area contributed by atoms with Crippen LogP contribution in [0.5, 0.6) is 11.5 Å². The van der Waals surface area contributed by atoms with Crippen molar-refractivity contribution in [3.63, 3.8) is 0 Å². The first kappa shape index (κ1) is 17.8. The highest BCUT2D eigenvalue weighted by Crippen LogP contribution is 2.23. The molecule has 0 saturated carbocycles.